The van der Waals surface area contributed by atoms with Crippen molar-refractivity contribution in [2.45, 2.75) is 18.4 Å². The van der Waals surface area contributed by atoms with E-state index >= 15 is 0 Å². The molecule has 1 fully saturated rings. The highest BCUT2D eigenvalue weighted by molar-refractivity contribution is 6.30. The van der Waals surface area contributed by atoms with E-state index in [1.807, 2.05) is 12.1 Å². The van der Waals surface area contributed by atoms with Gasteiger partial charge in [-0.3, -0.25) is 4.90 Å². The molecule has 1 saturated heterocycles. The van der Waals surface area contributed by atoms with Crippen LogP contribution in [-0.4, -0.2) is 43.0 Å². The Bertz CT molecular complexity index is 674. The quantitative estimate of drug-likeness (QED) is 0.817. The van der Waals surface area contributed by atoms with Gasteiger partial charge >= 0.3 is 0 Å². The third-order valence-corrected chi connectivity index (χ3v) is 5.69. The molecule has 1 aliphatic carbocycles. The van der Waals surface area contributed by atoms with Crippen molar-refractivity contribution >= 4 is 11.6 Å². The molecule has 0 bridgehead atoms. The molecule has 3 heteroatoms. The van der Waals surface area contributed by atoms with Crippen LogP contribution in [0.3, 0.4) is 0 Å². The van der Waals surface area contributed by atoms with Crippen LogP contribution in [-0.2, 0) is 0 Å². The molecule has 0 amide bonds. The lowest BCUT2D eigenvalue weighted by Gasteiger charge is -2.37. The summed E-state index contributed by atoms with van der Waals surface area (Å²) in [5, 5.41) is 0.815. The van der Waals surface area contributed by atoms with Gasteiger partial charge in [-0.1, -0.05) is 48.0 Å². The van der Waals surface area contributed by atoms with Gasteiger partial charge in [0.2, 0.25) is 0 Å². The SMILES string of the molecule is CN1CCN(C2CC(c3ccc(Cl)cc3)c3ccccc32)CC1. The number of benzene rings is 2. The highest BCUT2D eigenvalue weighted by Crippen LogP contribution is 2.46. The molecule has 2 aliphatic rings. The summed E-state index contributed by atoms with van der Waals surface area (Å²) in [4.78, 5) is 5.10. The molecule has 2 unspecified atom stereocenters. The van der Waals surface area contributed by atoms with Crippen molar-refractivity contribution in [2.75, 3.05) is 33.2 Å². The number of hydrogen-bond acceptors (Lipinski definition) is 2. The van der Waals surface area contributed by atoms with Gasteiger partial charge in [-0.15, -0.1) is 0 Å². The van der Waals surface area contributed by atoms with E-state index in [9.17, 15) is 0 Å². The molecular weight excluding hydrogens is 304 g/mol. The maximum absolute atomic E-state index is 6.07. The zero-order chi connectivity index (χ0) is 15.8. The molecule has 2 aromatic carbocycles. The second kappa shape index (κ2) is 6.27. The topological polar surface area (TPSA) is 6.48 Å². The number of fused-ring (bicyclic) bond motifs is 1. The van der Waals surface area contributed by atoms with Gasteiger partial charge in [0, 0.05) is 43.2 Å². The third-order valence-electron chi connectivity index (χ3n) is 5.44. The van der Waals surface area contributed by atoms with E-state index in [-0.39, 0.29) is 0 Å². The lowest BCUT2D eigenvalue weighted by molar-refractivity contribution is 0.110. The van der Waals surface area contributed by atoms with Crippen LogP contribution in [0, 0.1) is 0 Å². The van der Waals surface area contributed by atoms with Crippen LogP contribution in [0.25, 0.3) is 0 Å². The number of rotatable bonds is 2. The van der Waals surface area contributed by atoms with Crippen molar-refractivity contribution in [3.05, 3.63) is 70.2 Å². The molecule has 1 aliphatic heterocycles. The highest BCUT2D eigenvalue weighted by Gasteiger charge is 2.35. The first-order valence-corrected chi connectivity index (χ1v) is 8.87. The third kappa shape index (κ3) is 2.91. The summed E-state index contributed by atoms with van der Waals surface area (Å²) in [6.45, 7) is 4.68. The molecular formula is C20H23ClN2. The molecule has 0 spiro atoms. The molecule has 1 heterocycles. The van der Waals surface area contributed by atoms with E-state index in [4.69, 9.17) is 11.6 Å². The minimum Gasteiger partial charge on any atom is -0.304 e. The Morgan fingerprint density at radius 2 is 1.52 bits per heavy atom. The molecule has 2 atom stereocenters. The van der Waals surface area contributed by atoms with Gasteiger partial charge in [0.25, 0.3) is 0 Å². The molecule has 0 N–H and O–H groups in total. The second-order valence-corrected chi connectivity index (χ2v) is 7.26. The van der Waals surface area contributed by atoms with E-state index in [1.165, 1.54) is 49.3 Å². The first-order chi connectivity index (χ1) is 11.2. The smallest absolute Gasteiger partial charge is 0.0406 e. The lowest BCUT2D eigenvalue weighted by atomic mass is 9.93. The summed E-state index contributed by atoms with van der Waals surface area (Å²) in [6, 6.07) is 18.0. The van der Waals surface area contributed by atoms with Crippen LogP contribution in [0.2, 0.25) is 5.02 Å². The van der Waals surface area contributed by atoms with Gasteiger partial charge in [0.1, 0.15) is 0 Å². The Morgan fingerprint density at radius 1 is 0.870 bits per heavy atom. The molecule has 0 aromatic heterocycles. The zero-order valence-electron chi connectivity index (χ0n) is 13.6. The van der Waals surface area contributed by atoms with Crippen LogP contribution in [0.4, 0.5) is 0 Å². The summed E-state index contributed by atoms with van der Waals surface area (Å²) >= 11 is 6.07. The van der Waals surface area contributed by atoms with Gasteiger partial charge in [-0.05, 0) is 42.3 Å². The van der Waals surface area contributed by atoms with Gasteiger partial charge < -0.3 is 4.90 Å². The molecule has 0 radical (unpaired) electrons. The summed E-state index contributed by atoms with van der Waals surface area (Å²) in [6.07, 6.45) is 1.19. The summed E-state index contributed by atoms with van der Waals surface area (Å²) in [5.74, 6) is 0.494. The number of hydrogen-bond donors (Lipinski definition) is 0. The zero-order valence-corrected chi connectivity index (χ0v) is 14.3. The number of halogens is 1. The van der Waals surface area contributed by atoms with Crippen LogP contribution in [0.15, 0.2) is 48.5 Å². The summed E-state index contributed by atoms with van der Waals surface area (Å²) < 4.78 is 0. The van der Waals surface area contributed by atoms with Crippen molar-refractivity contribution in [1.82, 2.24) is 9.80 Å². The number of likely N-dealkylation sites (N-methyl/N-ethyl adjacent to an activating group) is 1. The number of nitrogens with zero attached hydrogens (tertiary/aromatic N) is 2. The van der Waals surface area contributed by atoms with E-state index in [1.54, 1.807) is 0 Å². The van der Waals surface area contributed by atoms with Crippen molar-refractivity contribution in [3.8, 4) is 0 Å². The first-order valence-electron chi connectivity index (χ1n) is 8.49. The van der Waals surface area contributed by atoms with Crippen LogP contribution < -0.4 is 0 Å². The van der Waals surface area contributed by atoms with Crippen LogP contribution in [0.1, 0.15) is 35.1 Å². The monoisotopic (exact) mass is 326 g/mol. The molecule has 4 rings (SSSR count). The normalized spacial score (nSPS) is 25.5. The van der Waals surface area contributed by atoms with Gasteiger partial charge in [-0.2, -0.15) is 0 Å². The minimum absolute atomic E-state index is 0.494. The lowest BCUT2D eigenvalue weighted by Crippen LogP contribution is -2.45. The van der Waals surface area contributed by atoms with Crippen LogP contribution in [0.5, 0.6) is 0 Å². The Balaban J connectivity index is 1.65. The fraction of sp³-hybridized carbons (Fsp3) is 0.400. The van der Waals surface area contributed by atoms with E-state index in [2.05, 4.69) is 53.2 Å². The van der Waals surface area contributed by atoms with E-state index in [0.29, 0.717) is 12.0 Å². The van der Waals surface area contributed by atoms with Crippen molar-refractivity contribution < 1.29 is 0 Å². The maximum atomic E-state index is 6.07. The highest BCUT2D eigenvalue weighted by atomic mass is 35.5. The first kappa shape index (κ1) is 15.2. The molecule has 2 aromatic rings. The van der Waals surface area contributed by atoms with E-state index < -0.39 is 0 Å². The second-order valence-electron chi connectivity index (χ2n) is 6.82. The Morgan fingerprint density at radius 3 is 2.22 bits per heavy atom. The standard InChI is InChI=1S/C20H23ClN2/c1-22-10-12-23(13-11-22)20-14-19(15-6-8-16(21)9-7-15)17-4-2-3-5-18(17)20/h2-9,19-20H,10-14H2,1H3. The summed E-state index contributed by atoms with van der Waals surface area (Å²) in [5.41, 5.74) is 4.41. The van der Waals surface area contributed by atoms with E-state index in [0.717, 1.165) is 5.02 Å². The maximum Gasteiger partial charge on any atom is 0.0406 e. The largest absolute Gasteiger partial charge is 0.304 e. The minimum atomic E-state index is 0.494. The Hall–Kier alpha value is -1.35. The van der Waals surface area contributed by atoms with Gasteiger partial charge in [0.05, 0.1) is 0 Å². The average molecular weight is 327 g/mol. The molecule has 23 heavy (non-hydrogen) atoms. The van der Waals surface area contributed by atoms with Crippen LogP contribution >= 0.6 is 11.6 Å². The van der Waals surface area contributed by atoms with Crippen molar-refractivity contribution in [2.24, 2.45) is 0 Å². The Kier molecular flexibility index (Phi) is 4.14. The van der Waals surface area contributed by atoms with Gasteiger partial charge in [-0.25, -0.2) is 0 Å². The fourth-order valence-corrected chi connectivity index (χ4v) is 4.22. The fourth-order valence-electron chi connectivity index (χ4n) is 4.10. The predicted molar refractivity (Wildman–Crippen MR) is 96.2 cm³/mol. The summed E-state index contributed by atoms with van der Waals surface area (Å²) in [7, 11) is 2.22. The number of piperazine rings is 1. The molecule has 0 saturated carbocycles. The van der Waals surface area contributed by atoms with Crippen molar-refractivity contribution in [3.63, 3.8) is 0 Å². The van der Waals surface area contributed by atoms with Gasteiger partial charge in [0.15, 0.2) is 0 Å². The molecule has 2 nitrogen and oxygen atoms in total. The Labute approximate surface area is 143 Å². The molecule has 120 valence electrons. The predicted octanol–water partition coefficient (Wildman–Crippen LogP) is 4.16. The average Bonchev–Trinajstić information content (AvgIpc) is 2.96. The van der Waals surface area contributed by atoms with Crippen molar-refractivity contribution in [1.29, 1.82) is 0 Å².